The van der Waals surface area contributed by atoms with E-state index < -0.39 is 0 Å². The average molecular weight is 329 g/mol. The Bertz CT molecular complexity index is 845. The first-order valence-electron chi connectivity index (χ1n) is 8.43. The lowest BCUT2D eigenvalue weighted by molar-refractivity contribution is -0.140. The standard InChI is InChI=1S/C11H12N2O.C7H11NO2/c14-11-12-9-6-3-5-8-4-1-2-7-13(11)10(8)9;1-7(2)4-3-5(9)8-6(7)10/h3,5-6H,1-2,4,7H2,(H,12,14);3-4H2,1-2H3,(H,8,9,10). The normalized spacial score (nSPS) is 19.2. The third-order valence-corrected chi connectivity index (χ3v) is 4.80. The molecule has 2 amide bonds. The number of imidazole rings is 1. The zero-order valence-electron chi connectivity index (χ0n) is 14.1. The zero-order valence-corrected chi connectivity index (χ0v) is 14.1. The van der Waals surface area contributed by atoms with E-state index >= 15 is 0 Å². The molecule has 0 atom stereocenters. The smallest absolute Gasteiger partial charge is 0.306 e. The van der Waals surface area contributed by atoms with Gasteiger partial charge in [0.25, 0.3) is 0 Å². The van der Waals surface area contributed by atoms with Crippen molar-refractivity contribution < 1.29 is 9.59 Å². The van der Waals surface area contributed by atoms with E-state index in [1.54, 1.807) is 0 Å². The summed E-state index contributed by atoms with van der Waals surface area (Å²) in [6.07, 6.45) is 4.51. The quantitative estimate of drug-likeness (QED) is 0.726. The number of benzene rings is 1. The molecular formula is C18H23N3O3. The SMILES string of the molecule is CC1(C)CCC(=O)NC1=O.O=c1[nH]c2cccc3c2n1CCCC3. The fourth-order valence-electron chi connectivity index (χ4n) is 3.19. The van der Waals surface area contributed by atoms with Crippen LogP contribution in [0.25, 0.3) is 11.0 Å². The van der Waals surface area contributed by atoms with Crippen LogP contribution < -0.4 is 11.0 Å². The first-order chi connectivity index (χ1) is 11.4. The Hall–Kier alpha value is -2.37. The van der Waals surface area contributed by atoms with Gasteiger partial charge in [0.15, 0.2) is 0 Å². The molecule has 3 heterocycles. The van der Waals surface area contributed by atoms with Crippen molar-refractivity contribution in [2.45, 2.75) is 52.5 Å². The number of imide groups is 1. The molecule has 4 rings (SSSR count). The Labute approximate surface area is 140 Å². The van der Waals surface area contributed by atoms with Crippen molar-refractivity contribution in [1.82, 2.24) is 14.9 Å². The summed E-state index contributed by atoms with van der Waals surface area (Å²) in [7, 11) is 0. The molecule has 128 valence electrons. The predicted molar refractivity (Wildman–Crippen MR) is 91.7 cm³/mol. The summed E-state index contributed by atoms with van der Waals surface area (Å²) in [6.45, 7) is 4.54. The second kappa shape index (κ2) is 6.26. The molecule has 0 radical (unpaired) electrons. The summed E-state index contributed by atoms with van der Waals surface area (Å²) < 4.78 is 1.87. The van der Waals surface area contributed by atoms with Crippen molar-refractivity contribution in [2.24, 2.45) is 5.41 Å². The van der Waals surface area contributed by atoms with Gasteiger partial charge in [-0.3, -0.25) is 19.5 Å². The van der Waals surface area contributed by atoms with E-state index in [0.717, 1.165) is 30.4 Å². The molecule has 1 fully saturated rings. The number of nitrogens with one attached hydrogen (secondary N) is 2. The van der Waals surface area contributed by atoms with E-state index in [1.165, 1.54) is 12.0 Å². The fourth-order valence-corrected chi connectivity index (χ4v) is 3.19. The summed E-state index contributed by atoms with van der Waals surface area (Å²) in [5.41, 5.74) is 3.09. The number of hydrogen-bond acceptors (Lipinski definition) is 3. The second-order valence-corrected chi connectivity index (χ2v) is 7.11. The zero-order chi connectivity index (χ0) is 17.3. The van der Waals surface area contributed by atoms with Crippen molar-refractivity contribution in [3.63, 3.8) is 0 Å². The highest BCUT2D eigenvalue weighted by atomic mass is 16.2. The van der Waals surface area contributed by atoms with Crippen LogP contribution in [0.1, 0.15) is 45.1 Å². The van der Waals surface area contributed by atoms with Gasteiger partial charge in [-0.1, -0.05) is 26.0 Å². The third kappa shape index (κ3) is 3.13. The number of nitrogens with zero attached hydrogens (tertiary/aromatic N) is 1. The molecule has 24 heavy (non-hydrogen) atoms. The second-order valence-electron chi connectivity index (χ2n) is 7.11. The first kappa shape index (κ1) is 16.5. The van der Waals surface area contributed by atoms with Crippen LogP contribution in [0.15, 0.2) is 23.0 Å². The van der Waals surface area contributed by atoms with Crippen LogP contribution in [0.4, 0.5) is 0 Å². The molecule has 1 aromatic carbocycles. The third-order valence-electron chi connectivity index (χ3n) is 4.80. The maximum atomic E-state index is 11.6. The monoisotopic (exact) mass is 329 g/mol. The number of piperidine rings is 1. The van der Waals surface area contributed by atoms with Gasteiger partial charge >= 0.3 is 5.69 Å². The van der Waals surface area contributed by atoms with Crippen LogP contribution >= 0.6 is 0 Å². The molecule has 2 aromatic rings. The molecule has 2 aliphatic rings. The number of rotatable bonds is 0. The molecule has 6 heteroatoms. The van der Waals surface area contributed by atoms with Crippen LogP contribution in [0.5, 0.6) is 0 Å². The van der Waals surface area contributed by atoms with Crippen molar-refractivity contribution in [3.05, 3.63) is 34.2 Å². The van der Waals surface area contributed by atoms with Gasteiger partial charge in [0.1, 0.15) is 0 Å². The molecule has 6 nitrogen and oxygen atoms in total. The number of hydrogen-bond donors (Lipinski definition) is 2. The van der Waals surface area contributed by atoms with Crippen molar-refractivity contribution in [3.8, 4) is 0 Å². The minimum atomic E-state index is -0.353. The number of aromatic amines is 1. The maximum absolute atomic E-state index is 11.6. The van der Waals surface area contributed by atoms with Crippen LogP contribution in [0.3, 0.4) is 0 Å². The minimum absolute atomic E-state index is 0.0364. The Morgan fingerprint density at radius 1 is 1.08 bits per heavy atom. The van der Waals surface area contributed by atoms with E-state index in [2.05, 4.69) is 16.4 Å². The highest BCUT2D eigenvalue weighted by Gasteiger charge is 2.33. The number of aromatic nitrogens is 2. The van der Waals surface area contributed by atoms with E-state index in [9.17, 15) is 14.4 Å². The van der Waals surface area contributed by atoms with Gasteiger partial charge < -0.3 is 4.98 Å². The number of carbonyl (C=O) groups excluding carboxylic acids is 2. The molecular weight excluding hydrogens is 306 g/mol. The Morgan fingerprint density at radius 3 is 2.58 bits per heavy atom. The van der Waals surface area contributed by atoms with Crippen molar-refractivity contribution in [2.75, 3.05) is 0 Å². The van der Waals surface area contributed by atoms with E-state index in [4.69, 9.17) is 0 Å². The summed E-state index contributed by atoms with van der Waals surface area (Å²) in [4.78, 5) is 36.1. The van der Waals surface area contributed by atoms with Crippen LogP contribution in [0.2, 0.25) is 0 Å². The molecule has 0 spiro atoms. The van der Waals surface area contributed by atoms with Crippen molar-refractivity contribution >= 4 is 22.8 Å². The topological polar surface area (TPSA) is 84.0 Å². The molecule has 0 bridgehead atoms. The molecule has 0 aliphatic carbocycles. The summed E-state index contributed by atoms with van der Waals surface area (Å²) in [5.74, 6) is -0.298. The van der Waals surface area contributed by atoms with Gasteiger partial charge in [-0.05, 0) is 37.3 Å². The lowest BCUT2D eigenvalue weighted by atomic mass is 9.84. The predicted octanol–water partition coefficient (Wildman–Crippen LogP) is 2.12. The number of carbonyl (C=O) groups is 2. The molecule has 2 aliphatic heterocycles. The van der Waals surface area contributed by atoms with E-state index in [-0.39, 0.29) is 22.9 Å². The molecule has 1 aromatic heterocycles. The number of H-pyrrole nitrogens is 1. The van der Waals surface area contributed by atoms with Gasteiger partial charge in [0.05, 0.1) is 11.0 Å². The van der Waals surface area contributed by atoms with E-state index in [0.29, 0.717) is 12.8 Å². The molecule has 0 saturated carbocycles. The van der Waals surface area contributed by atoms with Gasteiger partial charge in [0, 0.05) is 18.4 Å². The summed E-state index contributed by atoms with van der Waals surface area (Å²) in [5, 5.41) is 2.29. The number of amides is 2. The molecule has 2 N–H and O–H groups in total. The highest BCUT2D eigenvalue weighted by Crippen LogP contribution is 2.25. The fraction of sp³-hybridized carbons (Fsp3) is 0.500. The van der Waals surface area contributed by atoms with Gasteiger partial charge in [0.2, 0.25) is 11.8 Å². The van der Waals surface area contributed by atoms with Gasteiger partial charge in [-0.15, -0.1) is 0 Å². The maximum Gasteiger partial charge on any atom is 0.326 e. The Balaban J connectivity index is 0.000000150. The van der Waals surface area contributed by atoms with E-state index in [1.807, 2.05) is 30.5 Å². The lowest BCUT2D eigenvalue weighted by Crippen LogP contribution is -2.45. The van der Waals surface area contributed by atoms with Crippen LogP contribution in [0, 0.1) is 5.41 Å². The minimum Gasteiger partial charge on any atom is -0.306 e. The van der Waals surface area contributed by atoms with Gasteiger partial charge in [-0.2, -0.15) is 0 Å². The van der Waals surface area contributed by atoms with Crippen molar-refractivity contribution in [1.29, 1.82) is 0 Å². The molecule has 1 saturated heterocycles. The largest absolute Gasteiger partial charge is 0.326 e. The molecule has 0 unspecified atom stereocenters. The Kier molecular flexibility index (Phi) is 4.30. The van der Waals surface area contributed by atoms with Crippen LogP contribution in [-0.4, -0.2) is 21.4 Å². The first-order valence-corrected chi connectivity index (χ1v) is 8.43. The summed E-state index contributed by atoms with van der Waals surface area (Å²) in [6, 6.07) is 6.11. The number of aryl methyl sites for hydroxylation is 2. The average Bonchev–Trinajstić information content (AvgIpc) is 2.71. The highest BCUT2D eigenvalue weighted by molar-refractivity contribution is 6.00. The van der Waals surface area contributed by atoms with Crippen LogP contribution in [-0.2, 0) is 22.6 Å². The Morgan fingerprint density at radius 2 is 1.88 bits per heavy atom. The summed E-state index contributed by atoms with van der Waals surface area (Å²) >= 11 is 0. The number of para-hydroxylation sites is 1. The van der Waals surface area contributed by atoms with Gasteiger partial charge in [-0.25, -0.2) is 4.79 Å². The lowest BCUT2D eigenvalue weighted by Gasteiger charge is -2.26.